The van der Waals surface area contributed by atoms with Gasteiger partial charge in [0.25, 0.3) is 11.8 Å². The molecule has 2 amide bonds. The van der Waals surface area contributed by atoms with E-state index in [9.17, 15) is 9.59 Å². The molecule has 1 N–H and O–H groups in total. The monoisotopic (exact) mass is 476 g/mol. The van der Waals surface area contributed by atoms with E-state index in [1.165, 1.54) is 11.8 Å². The first-order valence-corrected chi connectivity index (χ1v) is 11.2. The Balaban J connectivity index is 1.77. The summed E-state index contributed by atoms with van der Waals surface area (Å²) in [5.74, 6) is 0.200. The molecule has 0 aliphatic carbocycles. The van der Waals surface area contributed by atoms with Crippen LogP contribution in [0, 0.1) is 0 Å². The van der Waals surface area contributed by atoms with Gasteiger partial charge in [0.15, 0.2) is 18.1 Å². The smallest absolute Gasteiger partial charge is 0.266 e. The summed E-state index contributed by atoms with van der Waals surface area (Å²) in [5, 5.41) is 3.02. The minimum absolute atomic E-state index is 0.135. The number of halogens is 1. The number of hydrogen-bond acceptors (Lipinski definition) is 6. The molecule has 1 aliphatic rings. The second kappa shape index (κ2) is 10.7. The van der Waals surface area contributed by atoms with Crippen LogP contribution in [0.1, 0.15) is 19.4 Å². The zero-order chi connectivity index (χ0) is 22.4. The van der Waals surface area contributed by atoms with E-state index in [4.69, 9.17) is 33.3 Å². The molecule has 3 rings (SSSR count). The molecule has 1 heterocycles. The summed E-state index contributed by atoms with van der Waals surface area (Å²) in [7, 11) is 0. The van der Waals surface area contributed by atoms with Crippen LogP contribution in [-0.2, 0) is 9.59 Å². The maximum absolute atomic E-state index is 12.5. The SMILES string of the molecule is CCOc1cc(/C=C2\SC(=S)N(CC)C2=O)cc(Cl)c1OCC(=O)Nc1ccccc1. The third kappa shape index (κ3) is 5.78. The Hall–Kier alpha value is -2.55. The molecule has 0 atom stereocenters. The van der Waals surface area contributed by atoms with E-state index in [0.717, 1.165) is 0 Å². The first-order valence-electron chi connectivity index (χ1n) is 9.62. The second-order valence-corrected chi connectivity index (χ2v) is 8.47. The molecule has 1 aliphatic heterocycles. The standard InChI is InChI=1S/C22H21ClN2O4S2/c1-3-25-21(27)18(31-22(25)30)12-14-10-16(23)20(17(11-14)28-4-2)29-13-19(26)24-15-8-6-5-7-9-15/h5-12H,3-4,13H2,1-2H3,(H,24,26)/b18-12-. The summed E-state index contributed by atoms with van der Waals surface area (Å²) < 4.78 is 11.9. The highest BCUT2D eigenvalue weighted by atomic mass is 35.5. The summed E-state index contributed by atoms with van der Waals surface area (Å²) in [5.41, 5.74) is 1.35. The molecule has 2 aromatic rings. The third-order valence-corrected chi connectivity index (χ3v) is 5.88. The lowest BCUT2D eigenvalue weighted by Gasteiger charge is -2.14. The van der Waals surface area contributed by atoms with Crippen LogP contribution in [0.4, 0.5) is 5.69 Å². The fourth-order valence-corrected chi connectivity index (χ4v) is 4.51. The number of carbonyl (C=O) groups is 2. The molecular weight excluding hydrogens is 456 g/mol. The molecule has 31 heavy (non-hydrogen) atoms. The molecular formula is C22H21ClN2O4S2. The molecule has 0 spiro atoms. The molecule has 0 unspecified atom stereocenters. The highest BCUT2D eigenvalue weighted by Gasteiger charge is 2.30. The Morgan fingerprint density at radius 1 is 1.23 bits per heavy atom. The lowest BCUT2D eigenvalue weighted by Crippen LogP contribution is -2.27. The van der Waals surface area contributed by atoms with Crippen molar-refractivity contribution in [2.75, 3.05) is 25.1 Å². The van der Waals surface area contributed by atoms with Gasteiger partial charge < -0.3 is 14.8 Å². The van der Waals surface area contributed by atoms with Gasteiger partial charge in [-0.1, -0.05) is 53.8 Å². The van der Waals surface area contributed by atoms with Crippen LogP contribution < -0.4 is 14.8 Å². The zero-order valence-corrected chi connectivity index (χ0v) is 19.4. The number of nitrogens with one attached hydrogen (secondary N) is 1. The molecule has 1 saturated heterocycles. The predicted molar refractivity (Wildman–Crippen MR) is 129 cm³/mol. The summed E-state index contributed by atoms with van der Waals surface area (Å²) in [6.07, 6.45) is 1.72. The van der Waals surface area contributed by atoms with Gasteiger partial charge >= 0.3 is 0 Å². The van der Waals surface area contributed by atoms with Gasteiger partial charge in [-0.25, -0.2) is 0 Å². The van der Waals surface area contributed by atoms with Crippen LogP contribution in [0.2, 0.25) is 5.02 Å². The van der Waals surface area contributed by atoms with E-state index < -0.39 is 0 Å². The minimum atomic E-state index is -0.322. The molecule has 162 valence electrons. The summed E-state index contributed by atoms with van der Waals surface area (Å²) in [6.45, 7) is 4.37. The van der Waals surface area contributed by atoms with Gasteiger partial charge in [-0.2, -0.15) is 0 Å². The number of ether oxygens (including phenoxy) is 2. The van der Waals surface area contributed by atoms with Gasteiger partial charge in [0.05, 0.1) is 16.5 Å². The number of benzene rings is 2. The van der Waals surface area contributed by atoms with Gasteiger partial charge in [0.1, 0.15) is 4.32 Å². The van der Waals surface area contributed by atoms with Crippen LogP contribution in [-0.4, -0.2) is 40.8 Å². The van der Waals surface area contributed by atoms with Crippen LogP contribution in [0.3, 0.4) is 0 Å². The Labute approximate surface area is 195 Å². The quantitative estimate of drug-likeness (QED) is 0.428. The van der Waals surface area contributed by atoms with Crippen LogP contribution in [0.25, 0.3) is 6.08 Å². The normalized spacial score (nSPS) is 14.8. The van der Waals surface area contributed by atoms with Gasteiger partial charge in [-0.05, 0) is 49.8 Å². The molecule has 0 saturated carbocycles. The van der Waals surface area contributed by atoms with Crippen LogP contribution >= 0.6 is 35.6 Å². The van der Waals surface area contributed by atoms with Gasteiger partial charge in [0, 0.05) is 12.2 Å². The van der Waals surface area contributed by atoms with Crippen molar-refractivity contribution in [3.05, 3.63) is 58.0 Å². The number of carbonyl (C=O) groups excluding carboxylic acids is 2. The lowest BCUT2D eigenvalue weighted by atomic mass is 10.1. The summed E-state index contributed by atoms with van der Waals surface area (Å²) in [4.78, 5) is 26.7. The van der Waals surface area contributed by atoms with Crippen molar-refractivity contribution in [3.63, 3.8) is 0 Å². The second-order valence-electron chi connectivity index (χ2n) is 6.39. The number of para-hydroxylation sites is 1. The van der Waals surface area contributed by atoms with Crippen LogP contribution in [0.15, 0.2) is 47.4 Å². The van der Waals surface area contributed by atoms with E-state index in [2.05, 4.69) is 5.32 Å². The van der Waals surface area contributed by atoms with E-state index >= 15 is 0 Å². The number of hydrogen-bond donors (Lipinski definition) is 1. The summed E-state index contributed by atoms with van der Waals surface area (Å²) in [6, 6.07) is 12.5. The largest absolute Gasteiger partial charge is 0.490 e. The fraction of sp³-hybridized carbons (Fsp3) is 0.227. The number of anilines is 1. The highest BCUT2D eigenvalue weighted by Crippen LogP contribution is 2.39. The number of likely N-dealkylation sites (N-methyl/N-ethyl adjacent to an activating group) is 1. The van der Waals surface area contributed by atoms with Gasteiger partial charge in [0.2, 0.25) is 0 Å². The van der Waals surface area contributed by atoms with E-state index in [1.807, 2.05) is 32.0 Å². The van der Waals surface area contributed by atoms with Crippen molar-refractivity contribution in [1.29, 1.82) is 0 Å². The molecule has 6 nitrogen and oxygen atoms in total. The number of amides is 2. The molecule has 1 fully saturated rings. The lowest BCUT2D eigenvalue weighted by molar-refractivity contribution is -0.122. The zero-order valence-electron chi connectivity index (χ0n) is 17.0. The molecule has 0 radical (unpaired) electrons. The molecule has 2 aromatic carbocycles. The average Bonchev–Trinajstić information content (AvgIpc) is 3.00. The van der Waals surface area contributed by atoms with Crippen LogP contribution in [0.5, 0.6) is 11.5 Å². The van der Waals surface area contributed by atoms with Crippen molar-refractivity contribution in [3.8, 4) is 11.5 Å². The topological polar surface area (TPSA) is 67.9 Å². The fourth-order valence-electron chi connectivity index (χ4n) is 2.85. The number of nitrogens with zero attached hydrogens (tertiary/aromatic N) is 1. The highest BCUT2D eigenvalue weighted by molar-refractivity contribution is 8.26. The molecule has 9 heteroatoms. The van der Waals surface area contributed by atoms with E-state index in [0.29, 0.717) is 39.4 Å². The predicted octanol–water partition coefficient (Wildman–Crippen LogP) is 4.98. The summed E-state index contributed by atoms with van der Waals surface area (Å²) >= 11 is 12.9. The van der Waals surface area contributed by atoms with Crippen molar-refractivity contribution < 1.29 is 19.1 Å². The number of thiocarbonyl (C=S) groups is 1. The molecule has 0 aromatic heterocycles. The number of thioether (sulfide) groups is 1. The Morgan fingerprint density at radius 3 is 2.61 bits per heavy atom. The third-order valence-electron chi connectivity index (χ3n) is 4.22. The van der Waals surface area contributed by atoms with Gasteiger partial charge in [-0.15, -0.1) is 0 Å². The number of rotatable bonds is 8. The van der Waals surface area contributed by atoms with Crippen molar-refractivity contribution >= 4 is 63.5 Å². The van der Waals surface area contributed by atoms with Crippen molar-refractivity contribution in [2.24, 2.45) is 0 Å². The first-order chi connectivity index (χ1) is 14.9. The van der Waals surface area contributed by atoms with Gasteiger partial charge in [-0.3, -0.25) is 14.5 Å². The Kier molecular flexibility index (Phi) is 7.95. The van der Waals surface area contributed by atoms with Crippen molar-refractivity contribution in [2.45, 2.75) is 13.8 Å². The molecule has 0 bridgehead atoms. The average molecular weight is 477 g/mol. The van der Waals surface area contributed by atoms with E-state index in [1.54, 1.807) is 35.2 Å². The Bertz CT molecular complexity index is 1030. The maximum atomic E-state index is 12.5. The Morgan fingerprint density at radius 2 is 1.97 bits per heavy atom. The van der Waals surface area contributed by atoms with E-state index in [-0.39, 0.29) is 29.2 Å². The first kappa shape index (κ1) is 23.1. The van der Waals surface area contributed by atoms with Crippen molar-refractivity contribution in [1.82, 2.24) is 4.90 Å². The minimum Gasteiger partial charge on any atom is -0.490 e. The maximum Gasteiger partial charge on any atom is 0.266 e.